The topological polar surface area (TPSA) is 63.2 Å². The molecule has 0 amide bonds. The van der Waals surface area contributed by atoms with Crippen molar-refractivity contribution in [3.8, 4) is 23.1 Å². The molecule has 0 atom stereocenters. The van der Waals surface area contributed by atoms with Crippen LogP contribution in [-0.4, -0.2) is 12.9 Å². The van der Waals surface area contributed by atoms with Crippen molar-refractivity contribution < 1.29 is 18.3 Å². The van der Waals surface area contributed by atoms with Crippen molar-refractivity contribution in [2.75, 3.05) is 7.11 Å². The van der Waals surface area contributed by atoms with E-state index in [-0.39, 0.29) is 11.3 Å². The summed E-state index contributed by atoms with van der Waals surface area (Å²) in [5.41, 5.74) is 0.551. The van der Waals surface area contributed by atoms with E-state index in [4.69, 9.17) is 9.15 Å². The van der Waals surface area contributed by atoms with Crippen LogP contribution >= 0.6 is 0 Å². The molecule has 0 aliphatic heterocycles. The summed E-state index contributed by atoms with van der Waals surface area (Å²) in [7, 11) is 1.50. The molecule has 0 saturated carbocycles. The van der Waals surface area contributed by atoms with Gasteiger partial charge in [-0.05, 0) is 36.4 Å². The summed E-state index contributed by atoms with van der Waals surface area (Å²) in [5.74, 6) is 0.269. The molecule has 1 aromatic heterocycles. The fourth-order valence-corrected chi connectivity index (χ4v) is 2.45. The van der Waals surface area contributed by atoms with Crippen molar-refractivity contribution in [3.05, 3.63) is 83.4 Å². The first kappa shape index (κ1) is 17.2. The summed E-state index contributed by atoms with van der Waals surface area (Å²) in [4.78, 5) is 12.5. The van der Waals surface area contributed by atoms with Gasteiger partial charge in [-0.15, -0.1) is 0 Å². The number of benzene rings is 2. The lowest BCUT2D eigenvalue weighted by Crippen LogP contribution is -2.02. The minimum Gasteiger partial charge on any atom is -0.497 e. The van der Waals surface area contributed by atoms with Crippen LogP contribution in [0.3, 0.4) is 0 Å². The van der Waals surface area contributed by atoms with Crippen molar-refractivity contribution in [2.45, 2.75) is 0 Å². The Morgan fingerprint density at radius 1 is 1.15 bits per heavy atom. The van der Waals surface area contributed by atoms with Crippen molar-refractivity contribution in [2.24, 2.45) is 0 Å². The van der Waals surface area contributed by atoms with E-state index in [1.54, 1.807) is 54.6 Å². The number of halogens is 1. The SMILES string of the molecule is COc1cccc(C(=O)/C(C#N)=C/c2ccc(-c3ccccc3F)o2)c1. The quantitative estimate of drug-likeness (QED) is 0.375. The number of allylic oxidation sites excluding steroid dienone is 1. The Labute approximate surface area is 149 Å². The largest absolute Gasteiger partial charge is 0.497 e. The van der Waals surface area contributed by atoms with Gasteiger partial charge in [-0.3, -0.25) is 4.79 Å². The third kappa shape index (κ3) is 3.55. The molecule has 0 N–H and O–H groups in total. The van der Waals surface area contributed by atoms with Crippen molar-refractivity contribution >= 4 is 11.9 Å². The van der Waals surface area contributed by atoms with E-state index in [0.29, 0.717) is 22.6 Å². The van der Waals surface area contributed by atoms with Gasteiger partial charge in [-0.25, -0.2) is 4.39 Å². The average Bonchev–Trinajstić information content (AvgIpc) is 3.14. The maximum Gasteiger partial charge on any atom is 0.203 e. The zero-order chi connectivity index (χ0) is 18.5. The highest BCUT2D eigenvalue weighted by atomic mass is 19.1. The van der Waals surface area contributed by atoms with Gasteiger partial charge < -0.3 is 9.15 Å². The minimum absolute atomic E-state index is 0.0901. The van der Waals surface area contributed by atoms with E-state index in [2.05, 4.69) is 0 Å². The molecule has 0 spiro atoms. The highest BCUT2D eigenvalue weighted by Crippen LogP contribution is 2.26. The first-order chi connectivity index (χ1) is 12.6. The van der Waals surface area contributed by atoms with Crippen LogP contribution in [-0.2, 0) is 0 Å². The van der Waals surface area contributed by atoms with Crippen LogP contribution in [0.1, 0.15) is 16.1 Å². The molecule has 128 valence electrons. The third-order valence-corrected chi connectivity index (χ3v) is 3.75. The van der Waals surface area contributed by atoms with Gasteiger partial charge in [0.25, 0.3) is 0 Å². The molecule has 1 heterocycles. The number of Topliss-reactive ketones (excluding diaryl/α,β-unsaturated/α-hetero) is 1. The maximum absolute atomic E-state index is 13.8. The van der Waals surface area contributed by atoms with E-state index < -0.39 is 11.6 Å². The molecule has 0 saturated heterocycles. The molecule has 0 radical (unpaired) electrons. The average molecular weight is 347 g/mol. The van der Waals surface area contributed by atoms with Crippen LogP contribution < -0.4 is 4.74 Å². The van der Waals surface area contributed by atoms with Crippen LogP contribution in [0.4, 0.5) is 4.39 Å². The summed E-state index contributed by atoms with van der Waals surface area (Å²) in [5, 5.41) is 9.34. The molecule has 0 aliphatic carbocycles. The minimum atomic E-state index is -0.449. The number of hydrogen-bond donors (Lipinski definition) is 0. The lowest BCUT2D eigenvalue weighted by molar-refractivity contribution is 0.103. The fourth-order valence-electron chi connectivity index (χ4n) is 2.45. The van der Waals surface area contributed by atoms with E-state index in [1.807, 2.05) is 6.07 Å². The zero-order valence-corrected chi connectivity index (χ0v) is 13.9. The number of rotatable bonds is 5. The highest BCUT2D eigenvalue weighted by molar-refractivity contribution is 6.14. The Hall–Kier alpha value is -3.65. The molecule has 3 rings (SSSR count). The molecule has 4 nitrogen and oxygen atoms in total. The molecule has 0 unspecified atom stereocenters. The molecule has 2 aromatic carbocycles. The van der Waals surface area contributed by atoms with Gasteiger partial charge in [0.15, 0.2) is 0 Å². The number of ketones is 1. The number of nitriles is 1. The molecule has 0 fully saturated rings. The Balaban J connectivity index is 1.91. The first-order valence-electron chi connectivity index (χ1n) is 7.77. The fraction of sp³-hybridized carbons (Fsp3) is 0.0476. The monoisotopic (exact) mass is 347 g/mol. The Bertz CT molecular complexity index is 1030. The van der Waals surface area contributed by atoms with Crippen LogP contribution in [0.25, 0.3) is 17.4 Å². The lowest BCUT2D eigenvalue weighted by Gasteiger charge is -2.03. The summed E-state index contributed by atoms with van der Waals surface area (Å²) in [6, 6.07) is 17.8. The molecule has 26 heavy (non-hydrogen) atoms. The molecular weight excluding hydrogens is 333 g/mol. The van der Waals surface area contributed by atoms with Crippen LogP contribution in [0.5, 0.6) is 5.75 Å². The van der Waals surface area contributed by atoms with Crippen LogP contribution in [0.15, 0.2) is 70.7 Å². The van der Waals surface area contributed by atoms with Crippen molar-refractivity contribution in [1.29, 1.82) is 5.26 Å². The Kier molecular flexibility index (Phi) is 4.95. The number of hydrogen-bond acceptors (Lipinski definition) is 4. The summed E-state index contributed by atoms with van der Waals surface area (Å²) in [6.45, 7) is 0. The van der Waals surface area contributed by atoms with Gasteiger partial charge in [0, 0.05) is 11.6 Å². The van der Waals surface area contributed by atoms with Gasteiger partial charge in [0.2, 0.25) is 5.78 Å². The van der Waals surface area contributed by atoms with E-state index in [0.717, 1.165) is 0 Å². The van der Waals surface area contributed by atoms with E-state index in [9.17, 15) is 14.4 Å². The second kappa shape index (κ2) is 7.49. The van der Waals surface area contributed by atoms with Gasteiger partial charge in [0.1, 0.15) is 34.7 Å². The number of carbonyl (C=O) groups is 1. The summed E-state index contributed by atoms with van der Waals surface area (Å²) in [6.07, 6.45) is 1.34. The second-order valence-corrected chi connectivity index (χ2v) is 5.41. The zero-order valence-electron chi connectivity index (χ0n) is 13.9. The Morgan fingerprint density at radius 2 is 1.96 bits per heavy atom. The number of ether oxygens (including phenoxy) is 1. The van der Waals surface area contributed by atoms with Gasteiger partial charge in [0.05, 0.1) is 12.7 Å². The van der Waals surface area contributed by atoms with Gasteiger partial charge >= 0.3 is 0 Å². The van der Waals surface area contributed by atoms with Gasteiger partial charge in [-0.1, -0.05) is 24.3 Å². The lowest BCUT2D eigenvalue weighted by atomic mass is 10.0. The molecule has 0 bridgehead atoms. The van der Waals surface area contributed by atoms with Crippen LogP contribution in [0, 0.1) is 17.1 Å². The normalized spacial score (nSPS) is 11.0. The first-order valence-corrected chi connectivity index (χ1v) is 7.77. The van der Waals surface area contributed by atoms with Crippen molar-refractivity contribution in [3.63, 3.8) is 0 Å². The molecule has 3 aromatic rings. The Morgan fingerprint density at radius 3 is 2.69 bits per heavy atom. The number of carbonyl (C=O) groups excluding carboxylic acids is 1. The number of nitrogens with zero attached hydrogens (tertiary/aromatic N) is 1. The summed E-state index contributed by atoms with van der Waals surface area (Å²) >= 11 is 0. The third-order valence-electron chi connectivity index (χ3n) is 3.75. The standard InChI is InChI=1S/C21H14FNO3/c1-25-16-6-4-5-14(11-16)21(24)15(13-23)12-17-9-10-20(26-17)18-7-2-3-8-19(18)22/h2-12H,1H3/b15-12+. The second-order valence-electron chi connectivity index (χ2n) is 5.41. The van der Waals surface area contributed by atoms with E-state index in [1.165, 1.54) is 19.3 Å². The van der Waals surface area contributed by atoms with Gasteiger partial charge in [-0.2, -0.15) is 5.26 Å². The molecule has 5 heteroatoms. The predicted molar refractivity (Wildman–Crippen MR) is 95.0 cm³/mol. The molecular formula is C21H14FNO3. The highest BCUT2D eigenvalue weighted by Gasteiger charge is 2.15. The maximum atomic E-state index is 13.8. The predicted octanol–water partition coefficient (Wildman–Crippen LogP) is 4.88. The number of furan rings is 1. The smallest absolute Gasteiger partial charge is 0.203 e. The van der Waals surface area contributed by atoms with Crippen LogP contribution in [0.2, 0.25) is 0 Å². The summed E-state index contributed by atoms with van der Waals surface area (Å²) < 4.78 is 24.5. The van der Waals surface area contributed by atoms with E-state index >= 15 is 0 Å². The number of methoxy groups -OCH3 is 1. The van der Waals surface area contributed by atoms with Crippen molar-refractivity contribution in [1.82, 2.24) is 0 Å². The molecule has 0 aliphatic rings.